The molecule has 0 aliphatic heterocycles. The molecule has 0 aliphatic carbocycles. The zero-order chi connectivity index (χ0) is 12.2. The molecule has 0 bridgehead atoms. The van der Waals surface area contributed by atoms with Gasteiger partial charge in [-0.3, -0.25) is 0 Å². The van der Waals surface area contributed by atoms with Crippen LogP contribution in [0.2, 0.25) is 5.28 Å². The minimum atomic E-state index is -0.288. The van der Waals surface area contributed by atoms with Crippen molar-refractivity contribution in [3.8, 4) is 0 Å². The van der Waals surface area contributed by atoms with Gasteiger partial charge in [-0.25, -0.2) is 14.4 Å². The highest BCUT2D eigenvalue weighted by atomic mass is 35.5. The SMILES string of the molecule is Cc1nc2c3cc(F)c(C)cc3nc(Cl)n2n1. The van der Waals surface area contributed by atoms with Gasteiger partial charge in [-0.15, -0.1) is 5.10 Å². The molecule has 0 N–H and O–H groups in total. The Hall–Kier alpha value is -1.75. The van der Waals surface area contributed by atoms with E-state index < -0.39 is 0 Å². The second-order valence-corrected chi connectivity index (χ2v) is 4.23. The molecule has 6 heteroatoms. The molecule has 86 valence electrons. The Bertz CT molecular complexity index is 750. The van der Waals surface area contributed by atoms with Crippen molar-refractivity contribution in [2.24, 2.45) is 0 Å². The van der Waals surface area contributed by atoms with Crippen molar-refractivity contribution in [1.82, 2.24) is 19.6 Å². The van der Waals surface area contributed by atoms with Crippen LogP contribution in [0.15, 0.2) is 12.1 Å². The van der Waals surface area contributed by atoms with E-state index in [4.69, 9.17) is 11.6 Å². The lowest BCUT2D eigenvalue weighted by Crippen LogP contribution is -1.96. The largest absolute Gasteiger partial charge is 0.226 e. The fraction of sp³-hybridized carbons (Fsp3) is 0.182. The molecule has 1 aromatic carbocycles. The first-order valence-electron chi connectivity index (χ1n) is 5.05. The number of hydrogen-bond acceptors (Lipinski definition) is 3. The molecule has 0 saturated carbocycles. The van der Waals surface area contributed by atoms with E-state index in [1.165, 1.54) is 10.6 Å². The van der Waals surface area contributed by atoms with Gasteiger partial charge >= 0.3 is 0 Å². The molecule has 4 nitrogen and oxygen atoms in total. The molecule has 0 atom stereocenters. The highest BCUT2D eigenvalue weighted by Gasteiger charge is 2.12. The van der Waals surface area contributed by atoms with Crippen LogP contribution in [-0.2, 0) is 0 Å². The Kier molecular flexibility index (Phi) is 2.06. The minimum absolute atomic E-state index is 0.221. The van der Waals surface area contributed by atoms with E-state index in [0.717, 1.165) is 0 Å². The van der Waals surface area contributed by atoms with Gasteiger partial charge in [-0.1, -0.05) is 0 Å². The molecular formula is C11H8ClFN4. The number of benzene rings is 1. The second kappa shape index (κ2) is 3.37. The highest BCUT2D eigenvalue weighted by Crippen LogP contribution is 2.23. The van der Waals surface area contributed by atoms with E-state index in [0.29, 0.717) is 27.9 Å². The molecule has 3 rings (SSSR count). The first-order valence-corrected chi connectivity index (χ1v) is 5.43. The maximum atomic E-state index is 13.6. The van der Waals surface area contributed by atoms with Gasteiger partial charge in [-0.2, -0.15) is 4.52 Å². The lowest BCUT2D eigenvalue weighted by molar-refractivity contribution is 0.620. The van der Waals surface area contributed by atoms with Crippen molar-refractivity contribution >= 4 is 28.2 Å². The van der Waals surface area contributed by atoms with E-state index in [9.17, 15) is 4.39 Å². The highest BCUT2D eigenvalue weighted by molar-refractivity contribution is 6.29. The predicted octanol–water partition coefficient (Wildman–Crippen LogP) is 2.69. The summed E-state index contributed by atoms with van der Waals surface area (Å²) in [6, 6.07) is 3.07. The number of hydrogen-bond donors (Lipinski definition) is 0. The zero-order valence-electron chi connectivity index (χ0n) is 9.20. The van der Waals surface area contributed by atoms with Crippen molar-refractivity contribution in [2.45, 2.75) is 13.8 Å². The van der Waals surface area contributed by atoms with Crippen LogP contribution in [0.1, 0.15) is 11.4 Å². The van der Waals surface area contributed by atoms with Gasteiger partial charge in [0.1, 0.15) is 11.6 Å². The smallest absolute Gasteiger partial charge is 0.218 e. The topological polar surface area (TPSA) is 43.1 Å². The van der Waals surface area contributed by atoms with Crippen LogP contribution in [0.3, 0.4) is 0 Å². The number of rotatable bonds is 0. The summed E-state index contributed by atoms with van der Waals surface area (Å²) in [4.78, 5) is 8.41. The molecule has 2 heterocycles. The third kappa shape index (κ3) is 1.46. The molecule has 0 amide bonds. The predicted molar refractivity (Wildman–Crippen MR) is 62.7 cm³/mol. The minimum Gasteiger partial charge on any atom is -0.218 e. The molecule has 0 saturated heterocycles. The van der Waals surface area contributed by atoms with Gasteiger partial charge in [0, 0.05) is 5.39 Å². The quantitative estimate of drug-likeness (QED) is 0.576. The standard InChI is InChI=1S/C11H8ClFN4/c1-5-3-9-7(4-8(5)13)10-14-6(2)16-17(10)11(12)15-9/h3-4H,1-2H3. The third-order valence-electron chi connectivity index (χ3n) is 2.62. The summed E-state index contributed by atoms with van der Waals surface area (Å²) >= 11 is 6.00. The summed E-state index contributed by atoms with van der Waals surface area (Å²) in [5.74, 6) is 0.284. The first-order chi connectivity index (χ1) is 8.06. The van der Waals surface area contributed by atoms with Gasteiger partial charge in [0.25, 0.3) is 0 Å². The summed E-state index contributed by atoms with van der Waals surface area (Å²) in [5, 5.41) is 4.93. The molecule has 3 aromatic rings. The van der Waals surface area contributed by atoms with Gasteiger partial charge in [0.15, 0.2) is 5.65 Å². The third-order valence-corrected chi connectivity index (χ3v) is 2.86. The van der Waals surface area contributed by atoms with Crippen molar-refractivity contribution < 1.29 is 4.39 Å². The van der Waals surface area contributed by atoms with Gasteiger partial charge < -0.3 is 0 Å². The Labute approximate surface area is 101 Å². The van der Waals surface area contributed by atoms with Crippen LogP contribution in [0.25, 0.3) is 16.6 Å². The summed E-state index contributed by atoms with van der Waals surface area (Å²) in [6.45, 7) is 3.43. The van der Waals surface area contributed by atoms with Crippen LogP contribution >= 0.6 is 11.6 Å². The van der Waals surface area contributed by atoms with E-state index in [1.54, 1.807) is 19.9 Å². The van der Waals surface area contributed by atoms with E-state index in [1.807, 2.05) is 0 Å². The van der Waals surface area contributed by atoms with E-state index in [2.05, 4.69) is 15.1 Å². The molecule has 0 spiro atoms. The van der Waals surface area contributed by atoms with Gasteiger partial charge in [-0.05, 0) is 43.1 Å². The number of aromatic nitrogens is 4. The summed E-state index contributed by atoms with van der Waals surface area (Å²) in [6.07, 6.45) is 0. The summed E-state index contributed by atoms with van der Waals surface area (Å²) in [7, 11) is 0. The molecule has 0 unspecified atom stereocenters. The van der Waals surface area contributed by atoms with E-state index >= 15 is 0 Å². The average molecular weight is 251 g/mol. The van der Waals surface area contributed by atoms with Crippen LogP contribution < -0.4 is 0 Å². The summed E-state index contributed by atoms with van der Waals surface area (Å²) < 4.78 is 15.0. The normalized spacial score (nSPS) is 11.5. The Morgan fingerprint density at radius 3 is 2.76 bits per heavy atom. The van der Waals surface area contributed by atoms with Crippen LogP contribution in [0, 0.1) is 19.7 Å². The van der Waals surface area contributed by atoms with Gasteiger partial charge in [0.05, 0.1) is 5.52 Å². The van der Waals surface area contributed by atoms with Crippen LogP contribution in [0.5, 0.6) is 0 Å². The number of fused-ring (bicyclic) bond motifs is 3. The lowest BCUT2D eigenvalue weighted by atomic mass is 10.1. The maximum Gasteiger partial charge on any atom is 0.226 e. The Morgan fingerprint density at radius 2 is 2.00 bits per heavy atom. The number of halogens is 2. The monoisotopic (exact) mass is 250 g/mol. The van der Waals surface area contributed by atoms with Crippen molar-refractivity contribution in [1.29, 1.82) is 0 Å². The zero-order valence-corrected chi connectivity index (χ0v) is 9.96. The fourth-order valence-corrected chi connectivity index (χ4v) is 2.01. The Morgan fingerprint density at radius 1 is 1.24 bits per heavy atom. The number of nitrogens with zero attached hydrogens (tertiary/aromatic N) is 4. The summed E-state index contributed by atoms with van der Waals surface area (Å²) in [5.41, 5.74) is 1.67. The molecule has 0 aliphatic rings. The fourth-order valence-electron chi connectivity index (χ4n) is 1.80. The van der Waals surface area contributed by atoms with Crippen molar-refractivity contribution in [2.75, 3.05) is 0 Å². The molecule has 0 radical (unpaired) electrons. The molecular weight excluding hydrogens is 243 g/mol. The lowest BCUT2D eigenvalue weighted by Gasteiger charge is -2.03. The molecule has 0 fully saturated rings. The molecule has 17 heavy (non-hydrogen) atoms. The number of aryl methyl sites for hydroxylation is 2. The first kappa shape index (κ1) is 10.4. The maximum absolute atomic E-state index is 13.6. The van der Waals surface area contributed by atoms with Crippen LogP contribution in [-0.4, -0.2) is 19.6 Å². The van der Waals surface area contributed by atoms with Crippen molar-refractivity contribution in [3.05, 3.63) is 34.6 Å². The Balaban J connectivity index is 2.58. The van der Waals surface area contributed by atoms with Crippen molar-refractivity contribution in [3.63, 3.8) is 0 Å². The second-order valence-electron chi connectivity index (χ2n) is 3.89. The average Bonchev–Trinajstić information content (AvgIpc) is 2.64. The van der Waals surface area contributed by atoms with Gasteiger partial charge in [0.2, 0.25) is 5.28 Å². The van der Waals surface area contributed by atoms with Crippen LogP contribution in [0.4, 0.5) is 4.39 Å². The molecule has 2 aromatic heterocycles. The van der Waals surface area contributed by atoms with E-state index in [-0.39, 0.29) is 11.1 Å².